The standard InChI is InChI=1S/C22H28N4O3/c1-15(2)16-6-4-7-17(10-16)26-12-18(27)20(23-26)21(29)25-9-5-8-22(14-25)11-19(28)24(3)13-22/h4,6-7,10,12,15,27H,5,8-9,11,13-14H2,1-3H3. The van der Waals surface area contributed by atoms with Gasteiger partial charge in [0.2, 0.25) is 5.91 Å². The number of benzene rings is 1. The minimum atomic E-state index is -0.276. The number of hydrogen-bond acceptors (Lipinski definition) is 4. The first-order valence-corrected chi connectivity index (χ1v) is 10.2. The molecule has 2 fully saturated rings. The van der Waals surface area contributed by atoms with Crippen molar-refractivity contribution in [2.45, 2.75) is 39.0 Å². The molecule has 0 bridgehead atoms. The van der Waals surface area contributed by atoms with Gasteiger partial charge in [0, 0.05) is 38.5 Å². The van der Waals surface area contributed by atoms with Gasteiger partial charge in [0.25, 0.3) is 5.91 Å². The molecule has 7 nitrogen and oxygen atoms in total. The largest absolute Gasteiger partial charge is 0.504 e. The zero-order valence-electron chi connectivity index (χ0n) is 17.3. The van der Waals surface area contributed by atoms with Gasteiger partial charge < -0.3 is 14.9 Å². The number of aromatic nitrogens is 2. The summed E-state index contributed by atoms with van der Waals surface area (Å²) < 4.78 is 1.56. The van der Waals surface area contributed by atoms with Crippen LogP contribution < -0.4 is 0 Å². The van der Waals surface area contributed by atoms with E-state index < -0.39 is 0 Å². The van der Waals surface area contributed by atoms with Gasteiger partial charge in [0.1, 0.15) is 0 Å². The van der Waals surface area contributed by atoms with E-state index >= 15 is 0 Å². The zero-order valence-corrected chi connectivity index (χ0v) is 17.3. The van der Waals surface area contributed by atoms with Gasteiger partial charge in [-0.25, -0.2) is 4.68 Å². The normalized spacial score (nSPS) is 22.1. The third-order valence-electron chi connectivity index (χ3n) is 6.17. The van der Waals surface area contributed by atoms with Crippen LogP contribution in [0.3, 0.4) is 0 Å². The molecule has 2 aliphatic rings. The van der Waals surface area contributed by atoms with Crippen LogP contribution >= 0.6 is 0 Å². The van der Waals surface area contributed by atoms with Crippen molar-refractivity contribution in [2.24, 2.45) is 5.41 Å². The van der Waals surface area contributed by atoms with E-state index in [0.717, 1.165) is 18.5 Å². The minimum Gasteiger partial charge on any atom is -0.504 e. The lowest BCUT2D eigenvalue weighted by atomic mass is 9.79. The second-order valence-corrected chi connectivity index (χ2v) is 8.81. The summed E-state index contributed by atoms with van der Waals surface area (Å²) in [6.45, 7) is 6.06. The number of nitrogens with zero attached hydrogens (tertiary/aromatic N) is 4. The fourth-order valence-corrected chi connectivity index (χ4v) is 4.58. The van der Waals surface area contributed by atoms with Crippen LogP contribution in [0.25, 0.3) is 5.69 Å². The molecule has 0 aliphatic carbocycles. The van der Waals surface area contributed by atoms with Gasteiger partial charge in [-0.1, -0.05) is 26.0 Å². The van der Waals surface area contributed by atoms with Crippen LogP contribution in [-0.2, 0) is 4.79 Å². The number of piperidine rings is 1. The number of carbonyl (C=O) groups is 2. The molecule has 1 aromatic carbocycles. The van der Waals surface area contributed by atoms with Crippen molar-refractivity contribution in [3.8, 4) is 11.4 Å². The molecular formula is C22H28N4O3. The predicted molar refractivity (Wildman–Crippen MR) is 109 cm³/mol. The molecule has 29 heavy (non-hydrogen) atoms. The second-order valence-electron chi connectivity index (χ2n) is 8.81. The molecule has 2 aliphatic heterocycles. The Kier molecular flexibility index (Phi) is 4.84. The fourth-order valence-electron chi connectivity index (χ4n) is 4.58. The second kappa shape index (κ2) is 7.21. The molecule has 0 saturated carbocycles. The monoisotopic (exact) mass is 396 g/mol. The van der Waals surface area contributed by atoms with Crippen LogP contribution in [0, 0.1) is 5.41 Å². The molecule has 154 valence electrons. The summed E-state index contributed by atoms with van der Waals surface area (Å²) in [7, 11) is 1.82. The lowest BCUT2D eigenvalue weighted by Crippen LogP contribution is -2.47. The quantitative estimate of drug-likeness (QED) is 0.865. The van der Waals surface area contributed by atoms with Gasteiger partial charge in [0.15, 0.2) is 11.4 Å². The number of rotatable bonds is 3. The molecule has 7 heteroatoms. The Morgan fingerprint density at radius 3 is 2.76 bits per heavy atom. The summed E-state index contributed by atoms with van der Waals surface area (Å²) in [5.41, 5.74) is 1.86. The molecular weight excluding hydrogens is 368 g/mol. The van der Waals surface area contributed by atoms with Gasteiger partial charge in [-0.15, -0.1) is 0 Å². The molecule has 2 aromatic rings. The highest BCUT2D eigenvalue weighted by Crippen LogP contribution is 2.39. The predicted octanol–water partition coefficient (Wildman–Crippen LogP) is 2.79. The molecule has 1 aromatic heterocycles. The number of amides is 2. The van der Waals surface area contributed by atoms with Crippen LogP contribution in [0.2, 0.25) is 0 Å². The van der Waals surface area contributed by atoms with Crippen molar-refractivity contribution in [1.82, 2.24) is 19.6 Å². The summed E-state index contributed by atoms with van der Waals surface area (Å²) in [5.74, 6) is 0.111. The molecule has 1 spiro atoms. The van der Waals surface area contributed by atoms with E-state index in [0.29, 0.717) is 32.0 Å². The average molecular weight is 396 g/mol. The molecule has 1 atom stereocenters. The lowest BCUT2D eigenvalue weighted by molar-refractivity contribution is -0.126. The molecule has 3 heterocycles. The maximum Gasteiger partial charge on any atom is 0.278 e. The number of likely N-dealkylation sites (tertiary alicyclic amines) is 2. The molecule has 4 rings (SSSR count). The molecule has 0 radical (unpaired) electrons. The van der Waals surface area contributed by atoms with Crippen LogP contribution in [0.4, 0.5) is 0 Å². The number of hydrogen-bond donors (Lipinski definition) is 1. The molecule has 2 saturated heterocycles. The fraction of sp³-hybridized carbons (Fsp3) is 0.500. The van der Waals surface area contributed by atoms with Gasteiger partial charge in [-0.05, 0) is 36.5 Å². The van der Waals surface area contributed by atoms with E-state index in [1.165, 1.54) is 11.8 Å². The van der Waals surface area contributed by atoms with Crippen molar-refractivity contribution in [3.63, 3.8) is 0 Å². The smallest absolute Gasteiger partial charge is 0.278 e. The topological polar surface area (TPSA) is 78.7 Å². The van der Waals surface area contributed by atoms with Crippen molar-refractivity contribution in [1.29, 1.82) is 0 Å². The maximum absolute atomic E-state index is 13.1. The van der Waals surface area contributed by atoms with E-state index in [-0.39, 0.29) is 28.7 Å². The van der Waals surface area contributed by atoms with E-state index in [2.05, 4.69) is 25.0 Å². The van der Waals surface area contributed by atoms with Crippen LogP contribution in [0.5, 0.6) is 5.75 Å². The Morgan fingerprint density at radius 2 is 2.07 bits per heavy atom. The Labute approximate surface area is 170 Å². The van der Waals surface area contributed by atoms with Crippen LogP contribution in [0.1, 0.15) is 55.1 Å². The van der Waals surface area contributed by atoms with Gasteiger partial charge >= 0.3 is 0 Å². The first-order valence-electron chi connectivity index (χ1n) is 10.2. The Hall–Kier alpha value is -2.83. The molecule has 1 unspecified atom stereocenters. The highest BCUT2D eigenvalue weighted by atomic mass is 16.3. The van der Waals surface area contributed by atoms with Crippen molar-refractivity contribution in [3.05, 3.63) is 41.7 Å². The lowest BCUT2D eigenvalue weighted by Gasteiger charge is -2.39. The van der Waals surface area contributed by atoms with Crippen molar-refractivity contribution < 1.29 is 14.7 Å². The first kappa shape index (κ1) is 19.5. The zero-order chi connectivity index (χ0) is 20.8. The Morgan fingerprint density at radius 1 is 1.28 bits per heavy atom. The van der Waals surface area contributed by atoms with E-state index in [9.17, 15) is 14.7 Å². The van der Waals surface area contributed by atoms with E-state index in [1.807, 2.05) is 25.2 Å². The van der Waals surface area contributed by atoms with Crippen LogP contribution in [0.15, 0.2) is 30.5 Å². The first-order chi connectivity index (χ1) is 13.8. The van der Waals surface area contributed by atoms with E-state index in [1.54, 1.807) is 14.5 Å². The summed E-state index contributed by atoms with van der Waals surface area (Å²) in [6, 6.07) is 7.92. The third-order valence-corrected chi connectivity index (χ3v) is 6.17. The van der Waals surface area contributed by atoms with Gasteiger partial charge in [0.05, 0.1) is 11.9 Å². The number of aromatic hydroxyl groups is 1. The van der Waals surface area contributed by atoms with Gasteiger partial charge in [-0.3, -0.25) is 9.59 Å². The summed E-state index contributed by atoms with van der Waals surface area (Å²) in [5, 5.41) is 14.8. The minimum absolute atomic E-state index is 0.0645. The Bertz CT molecular complexity index is 951. The van der Waals surface area contributed by atoms with Crippen molar-refractivity contribution in [2.75, 3.05) is 26.7 Å². The summed E-state index contributed by atoms with van der Waals surface area (Å²) in [4.78, 5) is 28.7. The van der Waals surface area contributed by atoms with Crippen LogP contribution in [-0.4, -0.2) is 63.2 Å². The van der Waals surface area contributed by atoms with Gasteiger partial charge in [-0.2, -0.15) is 5.10 Å². The third kappa shape index (κ3) is 3.61. The summed E-state index contributed by atoms with van der Waals surface area (Å²) in [6.07, 6.45) is 3.76. The average Bonchev–Trinajstić information content (AvgIpc) is 3.20. The molecule has 1 N–H and O–H groups in total. The van der Waals surface area contributed by atoms with E-state index in [4.69, 9.17) is 0 Å². The summed E-state index contributed by atoms with van der Waals surface area (Å²) >= 11 is 0. The highest BCUT2D eigenvalue weighted by Gasteiger charge is 2.45. The number of carbonyl (C=O) groups excluding carboxylic acids is 2. The maximum atomic E-state index is 13.1. The van der Waals surface area contributed by atoms with Crippen molar-refractivity contribution >= 4 is 11.8 Å². The SMILES string of the molecule is CC(C)c1cccc(-n2cc(O)c(C(=O)N3CCCC4(CC(=O)N(C)C4)C3)n2)c1. The molecule has 2 amide bonds. The highest BCUT2D eigenvalue weighted by molar-refractivity contribution is 5.95. The Balaban J connectivity index is 1.57.